The smallest absolute Gasteiger partial charge is 0.224 e. The number of aliphatic hydroxyl groups is 1. The number of rotatable bonds is 6. The van der Waals surface area contributed by atoms with Crippen molar-refractivity contribution in [1.82, 2.24) is 10.2 Å². The van der Waals surface area contributed by atoms with Crippen molar-refractivity contribution in [3.8, 4) is 0 Å². The van der Waals surface area contributed by atoms with Gasteiger partial charge in [-0.3, -0.25) is 9.59 Å². The van der Waals surface area contributed by atoms with Crippen molar-refractivity contribution in [2.24, 2.45) is 0 Å². The molecule has 5 heteroatoms. The maximum absolute atomic E-state index is 11.8. The molecule has 0 saturated carbocycles. The zero-order valence-electron chi connectivity index (χ0n) is 11.2. The van der Waals surface area contributed by atoms with Crippen LogP contribution in [0.25, 0.3) is 0 Å². The van der Waals surface area contributed by atoms with E-state index >= 15 is 0 Å². The van der Waals surface area contributed by atoms with Gasteiger partial charge in [-0.25, -0.2) is 0 Å². The highest BCUT2D eigenvalue weighted by molar-refractivity contribution is 5.79. The highest BCUT2D eigenvalue weighted by Crippen LogP contribution is 2.09. The molecule has 2 N–H and O–H groups in total. The van der Waals surface area contributed by atoms with Gasteiger partial charge in [0.2, 0.25) is 11.8 Å². The summed E-state index contributed by atoms with van der Waals surface area (Å²) in [6.45, 7) is 3.77. The van der Waals surface area contributed by atoms with Crippen LogP contribution >= 0.6 is 0 Å². The average Bonchev–Trinajstić information content (AvgIpc) is 2.37. The molecule has 1 unspecified atom stereocenters. The van der Waals surface area contributed by atoms with Gasteiger partial charge in [0.15, 0.2) is 0 Å². The number of likely N-dealkylation sites (tertiary alicyclic amines) is 1. The molecule has 104 valence electrons. The average molecular weight is 256 g/mol. The van der Waals surface area contributed by atoms with E-state index in [0.717, 1.165) is 25.9 Å². The van der Waals surface area contributed by atoms with Gasteiger partial charge in [-0.05, 0) is 32.6 Å². The van der Waals surface area contributed by atoms with E-state index in [2.05, 4.69) is 5.32 Å². The van der Waals surface area contributed by atoms with Crippen molar-refractivity contribution >= 4 is 11.8 Å². The Balaban J connectivity index is 2.09. The number of hydrogen-bond acceptors (Lipinski definition) is 3. The summed E-state index contributed by atoms with van der Waals surface area (Å²) in [5.74, 6) is 0.0351. The first-order valence-corrected chi connectivity index (χ1v) is 6.82. The van der Waals surface area contributed by atoms with Gasteiger partial charge in [0, 0.05) is 32.5 Å². The van der Waals surface area contributed by atoms with E-state index in [0.29, 0.717) is 25.8 Å². The summed E-state index contributed by atoms with van der Waals surface area (Å²) >= 11 is 0. The standard InChI is InChI=1S/C13H24N2O3/c1-11(16)5-6-12(17)14-8-7-13(18)15-9-3-2-4-10-15/h11,16H,2-10H2,1H3,(H,14,17). The van der Waals surface area contributed by atoms with E-state index in [1.165, 1.54) is 6.42 Å². The Hall–Kier alpha value is -1.10. The summed E-state index contributed by atoms with van der Waals surface area (Å²) in [5, 5.41) is 11.8. The van der Waals surface area contributed by atoms with Crippen LogP contribution in [-0.2, 0) is 9.59 Å². The fourth-order valence-electron chi connectivity index (χ4n) is 2.04. The lowest BCUT2D eigenvalue weighted by Gasteiger charge is -2.26. The van der Waals surface area contributed by atoms with Crippen LogP contribution in [0.4, 0.5) is 0 Å². The number of nitrogens with zero attached hydrogens (tertiary/aromatic N) is 1. The SMILES string of the molecule is CC(O)CCC(=O)NCCC(=O)N1CCCCC1. The molecule has 0 aromatic rings. The summed E-state index contributed by atoms with van der Waals surface area (Å²) in [5.41, 5.74) is 0. The van der Waals surface area contributed by atoms with Gasteiger partial charge in [0.1, 0.15) is 0 Å². The third-order valence-corrected chi connectivity index (χ3v) is 3.16. The molecule has 1 aliphatic heterocycles. The van der Waals surface area contributed by atoms with Crippen molar-refractivity contribution < 1.29 is 14.7 Å². The first-order valence-electron chi connectivity index (χ1n) is 6.82. The van der Waals surface area contributed by atoms with Gasteiger partial charge in [-0.15, -0.1) is 0 Å². The minimum atomic E-state index is -0.453. The molecular weight excluding hydrogens is 232 g/mol. The molecule has 0 spiro atoms. The van der Waals surface area contributed by atoms with Crippen LogP contribution in [0.15, 0.2) is 0 Å². The highest BCUT2D eigenvalue weighted by Gasteiger charge is 2.16. The van der Waals surface area contributed by atoms with Crippen molar-refractivity contribution in [1.29, 1.82) is 0 Å². The quantitative estimate of drug-likeness (QED) is 0.733. The van der Waals surface area contributed by atoms with Crippen molar-refractivity contribution in [3.63, 3.8) is 0 Å². The lowest BCUT2D eigenvalue weighted by Crippen LogP contribution is -2.37. The molecule has 0 radical (unpaired) electrons. The number of amides is 2. The number of carbonyl (C=O) groups excluding carboxylic acids is 2. The summed E-state index contributed by atoms with van der Waals surface area (Å²) < 4.78 is 0. The molecule has 2 amide bonds. The predicted octanol–water partition coefficient (Wildman–Crippen LogP) is 0.666. The van der Waals surface area contributed by atoms with Crippen LogP contribution < -0.4 is 5.32 Å². The zero-order valence-corrected chi connectivity index (χ0v) is 11.2. The first kappa shape index (κ1) is 15.0. The number of carbonyl (C=O) groups is 2. The van der Waals surface area contributed by atoms with E-state index in [1.54, 1.807) is 6.92 Å². The minimum absolute atomic E-state index is 0.0951. The van der Waals surface area contributed by atoms with Gasteiger partial charge < -0.3 is 15.3 Å². The maximum atomic E-state index is 11.8. The molecule has 1 aliphatic rings. The Morgan fingerprint density at radius 2 is 1.89 bits per heavy atom. The second-order valence-electron chi connectivity index (χ2n) is 4.93. The molecular formula is C13H24N2O3. The molecule has 0 aromatic heterocycles. The Labute approximate surface area is 109 Å². The van der Waals surface area contributed by atoms with Crippen LogP contribution in [0, 0.1) is 0 Å². The van der Waals surface area contributed by atoms with Crippen LogP contribution in [0.2, 0.25) is 0 Å². The molecule has 0 bridgehead atoms. The van der Waals surface area contributed by atoms with Gasteiger partial charge in [-0.1, -0.05) is 0 Å². The van der Waals surface area contributed by atoms with Crippen LogP contribution in [-0.4, -0.2) is 47.6 Å². The second kappa shape index (κ2) is 8.08. The monoisotopic (exact) mass is 256 g/mol. The number of hydrogen-bond donors (Lipinski definition) is 2. The topological polar surface area (TPSA) is 69.6 Å². The Morgan fingerprint density at radius 3 is 2.50 bits per heavy atom. The van der Waals surface area contributed by atoms with E-state index in [-0.39, 0.29) is 11.8 Å². The summed E-state index contributed by atoms with van der Waals surface area (Å²) in [6, 6.07) is 0. The van der Waals surface area contributed by atoms with Gasteiger partial charge in [0.05, 0.1) is 6.10 Å². The molecule has 1 atom stereocenters. The number of aliphatic hydroxyl groups excluding tert-OH is 1. The van der Waals surface area contributed by atoms with Crippen molar-refractivity contribution in [3.05, 3.63) is 0 Å². The van der Waals surface area contributed by atoms with Crippen molar-refractivity contribution in [2.75, 3.05) is 19.6 Å². The molecule has 1 fully saturated rings. The third-order valence-electron chi connectivity index (χ3n) is 3.16. The largest absolute Gasteiger partial charge is 0.393 e. The van der Waals surface area contributed by atoms with Crippen LogP contribution in [0.3, 0.4) is 0 Å². The van der Waals surface area contributed by atoms with Gasteiger partial charge >= 0.3 is 0 Å². The summed E-state index contributed by atoms with van der Waals surface area (Å²) in [7, 11) is 0. The molecule has 1 heterocycles. The van der Waals surface area contributed by atoms with E-state index < -0.39 is 6.10 Å². The number of nitrogens with one attached hydrogen (secondary N) is 1. The second-order valence-corrected chi connectivity index (χ2v) is 4.93. The molecule has 1 rings (SSSR count). The van der Waals surface area contributed by atoms with Gasteiger partial charge in [0.25, 0.3) is 0 Å². The Bertz CT molecular complexity index is 273. The van der Waals surface area contributed by atoms with E-state index in [9.17, 15) is 9.59 Å². The number of piperidine rings is 1. The lowest BCUT2D eigenvalue weighted by molar-refractivity contribution is -0.132. The van der Waals surface area contributed by atoms with E-state index in [1.807, 2.05) is 4.90 Å². The maximum Gasteiger partial charge on any atom is 0.224 e. The molecule has 5 nitrogen and oxygen atoms in total. The van der Waals surface area contributed by atoms with Crippen molar-refractivity contribution in [2.45, 2.75) is 51.6 Å². The van der Waals surface area contributed by atoms with Gasteiger partial charge in [-0.2, -0.15) is 0 Å². The Kier molecular flexibility index (Phi) is 6.72. The molecule has 18 heavy (non-hydrogen) atoms. The van der Waals surface area contributed by atoms with Crippen LogP contribution in [0.5, 0.6) is 0 Å². The summed E-state index contributed by atoms with van der Waals surface area (Å²) in [6.07, 6.45) is 4.09. The summed E-state index contributed by atoms with van der Waals surface area (Å²) in [4.78, 5) is 25.0. The lowest BCUT2D eigenvalue weighted by atomic mass is 10.1. The van der Waals surface area contributed by atoms with E-state index in [4.69, 9.17) is 5.11 Å². The predicted molar refractivity (Wildman–Crippen MR) is 69.0 cm³/mol. The van der Waals surface area contributed by atoms with Crippen LogP contribution in [0.1, 0.15) is 45.4 Å². The normalized spacial score (nSPS) is 17.3. The Morgan fingerprint density at radius 1 is 1.22 bits per heavy atom. The third kappa shape index (κ3) is 6.00. The zero-order chi connectivity index (χ0) is 13.4. The molecule has 1 saturated heterocycles. The molecule has 0 aliphatic carbocycles. The first-order chi connectivity index (χ1) is 8.59. The minimum Gasteiger partial charge on any atom is -0.393 e. The highest BCUT2D eigenvalue weighted by atomic mass is 16.3. The fourth-order valence-corrected chi connectivity index (χ4v) is 2.04. The fraction of sp³-hybridized carbons (Fsp3) is 0.846. The molecule has 0 aromatic carbocycles.